The lowest BCUT2D eigenvalue weighted by Crippen LogP contribution is -2.36. The molecule has 1 unspecified atom stereocenters. The van der Waals surface area contributed by atoms with Crippen molar-refractivity contribution >= 4 is 44.5 Å². The van der Waals surface area contributed by atoms with Gasteiger partial charge in [0.2, 0.25) is 0 Å². The van der Waals surface area contributed by atoms with Crippen LogP contribution in [0.1, 0.15) is 36.3 Å². The summed E-state index contributed by atoms with van der Waals surface area (Å²) in [6, 6.07) is 11.4. The molecule has 7 nitrogen and oxygen atoms in total. The van der Waals surface area contributed by atoms with Crippen molar-refractivity contribution in [2.45, 2.75) is 25.2 Å². The monoisotopic (exact) mass is 477 g/mol. The van der Waals surface area contributed by atoms with Crippen molar-refractivity contribution in [3.8, 4) is 0 Å². The van der Waals surface area contributed by atoms with E-state index in [-0.39, 0.29) is 5.92 Å². The van der Waals surface area contributed by atoms with Gasteiger partial charge in [-0.1, -0.05) is 48.0 Å². The van der Waals surface area contributed by atoms with Crippen molar-refractivity contribution < 1.29 is 8.42 Å². The molecule has 164 valence electrons. The number of aromatic nitrogens is 1. The minimum Gasteiger partial charge on any atom is -0.264 e. The Balaban J connectivity index is 1.69. The summed E-state index contributed by atoms with van der Waals surface area (Å²) in [5, 5.41) is 7.49. The van der Waals surface area contributed by atoms with Crippen LogP contribution in [0.15, 0.2) is 58.3 Å². The highest BCUT2D eigenvalue weighted by Gasteiger charge is 2.33. The summed E-state index contributed by atoms with van der Waals surface area (Å²) in [5.41, 5.74) is 2.78. The molecule has 4 rings (SSSR count). The smallest absolute Gasteiger partial charge is 0.264 e. The highest BCUT2D eigenvalue weighted by Crippen LogP contribution is 2.31. The quantitative estimate of drug-likeness (QED) is 0.491. The van der Waals surface area contributed by atoms with Gasteiger partial charge in [-0.15, -0.1) is 4.40 Å². The Bertz CT molecular complexity index is 1070. The second-order valence-corrected chi connectivity index (χ2v) is 10.2. The molecular formula is C21H24ClN5O2S2. The first-order chi connectivity index (χ1) is 15.0. The van der Waals surface area contributed by atoms with Crippen LogP contribution in [0.25, 0.3) is 0 Å². The zero-order valence-electron chi connectivity index (χ0n) is 17.2. The highest BCUT2D eigenvalue weighted by atomic mass is 35.5. The van der Waals surface area contributed by atoms with Crippen molar-refractivity contribution in [1.29, 1.82) is 0 Å². The second kappa shape index (κ2) is 9.68. The number of amidine groups is 1. The number of rotatable bonds is 4. The van der Waals surface area contributed by atoms with Gasteiger partial charge < -0.3 is 0 Å². The first kappa shape index (κ1) is 22.3. The van der Waals surface area contributed by atoms with E-state index in [1.54, 1.807) is 11.2 Å². The molecule has 1 aromatic carbocycles. The number of hydrogen-bond donors (Lipinski definition) is 0. The molecule has 10 heteroatoms. The Labute approximate surface area is 192 Å². The summed E-state index contributed by atoms with van der Waals surface area (Å²) < 4.78 is 31.4. The van der Waals surface area contributed by atoms with Crippen LogP contribution < -0.4 is 0 Å². The third kappa shape index (κ3) is 5.11. The molecule has 1 fully saturated rings. The fourth-order valence-electron chi connectivity index (χ4n) is 3.79. The Hall–Kier alpha value is -1.94. The maximum Gasteiger partial charge on any atom is 0.324 e. The Morgan fingerprint density at radius 2 is 1.90 bits per heavy atom. The van der Waals surface area contributed by atoms with Gasteiger partial charge in [0.15, 0.2) is 5.17 Å². The Kier molecular flexibility index (Phi) is 6.95. The molecule has 0 radical (unpaired) electrons. The summed E-state index contributed by atoms with van der Waals surface area (Å²) in [6.45, 7) is 1.52. The third-order valence-electron chi connectivity index (χ3n) is 5.38. The van der Waals surface area contributed by atoms with Gasteiger partial charge in [-0.3, -0.25) is 4.98 Å². The molecule has 0 spiro atoms. The van der Waals surface area contributed by atoms with Gasteiger partial charge in [-0.25, -0.2) is 5.01 Å². The second-order valence-electron chi connectivity index (χ2n) is 7.43. The van der Waals surface area contributed by atoms with E-state index in [4.69, 9.17) is 16.7 Å². The summed E-state index contributed by atoms with van der Waals surface area (Å²) in [6.07, 6.45) is 8.16. The minimum absolute atomic E-state index is 0.0649. The van der Waals surface area contributed by atoms with E-state index in [0.29, 0.717) is 29.8 Å². The first-order valence-electron chi connectivity index (χ1n) is 10.1. The van der Waals surface area contributed by atoms with Gasteiger partial charge >= 0.3 is 10.2 Å². The van der Waals surface area contributed by atoms with Gasteiger partial charge in [0, 0.05) is 36.4 Å². The molecule has 0 N–H and O–H groups in total. The lowest BCUT2D eigenvalue weighted by atomic mass is 9.92. The third-order valence-corrected chi connectivity index (χ3v) is 7.84. The minimum atomic E-state index is -3.74. The Morgan fingerprint density at radius 3 is 2.55 bits per heavy atom. The van der Waals surface area contributed by atoms with E-state index in [0.717, 1.165) is 36.1 Å². The van der Waals surface area contributed by atoms with Crippen LogP contribution in [0.3, 0.4) is 0 Å². The van der Waals surface area contributed by atoms with E-state index in [1.165, 1.54) is 16.1 Å². The summed E-state index contributed by atoms with van der Waals surface area (Å²) in [4.78, 5) is 4.25. The first-order valence-corrected chi connectivity index (χ1v) is 13.1. The molecule has 0 aliphatic carbocycles. The van der Waals surface area contributed by atoms with E-state index >= 15 is 0 Å². The molecule has 2 aliphatic rings. The van der Waals surface area contributed by atoms with E-state index in [1.807, 2.05) is 48.9 Å². The van der Waals surface area contributed by atoms with Crippen molar-refractivity contribution in [1.82, 2.24) is 14.3 Å². The number of piperidine rings is 1. The Morgan fingerprint density at radius 1 is 1.16 bits per heavy atom. The molecular weight excluding hydrogens is 454 g/mol. The predicted octanol–water partition coefficient (Wildman–Crippen LogP) is 3.99. The summed E-state index contributed by atoms with van der Waals surface area (Å²) in [5.74, 6) is -0.0649. The zero-order valence-corrected chi connectivity index (χ0v) is 19.6. The van der Waals surface area contributed by atoms with Crippen molar-refractivity contribution in [3.63, 3.8) is 0 Å². The maximum atomic E-state index is 12.9. The fraction of sp³-hybridized carbons (Fsp3) is 0.381. The number of benzene rings is 1. The predicted molar refractivity (Wildman–Crippen MR) is 127 cm³/mol. The molecule has 0 bridgehead atoms. The lowest BCUT2D eigenvalue weighted by molar-refractivity contribution is 0.347. The average molecular weight is 478 g/mol. The largest absolute Gasteiger partial charge is 0.324 e. The topological polar surface area (TPSA) is 78.2 Å². The molecule has 2 aromatic rings. The molecule has 3 heterocycles. The zero-order chi connectivity index (χ0) is 21.8. The molecule has 1 atom stereocenters. The summed E-state index contributed by atoms with van der Waals surface area (Å²) >= 11 is 7.35. The number of hydrogen-bond acceptors (Lipinski definition) is 5. The summed E-state index contributed by atoms with van der Waals surface area (Å²) in [7, 11) is -3.74. The standard InChI is InChI=1S/C21H24ClN5O2S2/c1-30-21(25-31(28,29)26-12-3-2-4-13-26)27-15-19(17-6-5-11-23-14-17)20(24-27)16-7-9-18(22)10-8-16/h5-11,14,19H,2-4,12-13,15H2,1H3. The molecule has 0 saturated carbocycles. The number of hydrazone groups is 1. The van der Waals surface area contributed by atoms with Crippen LogP contribution >= 0.6 is 23.4 Å². The van der Waals surface area contributed by atoms with Crippen LogP contribution in [-0.2, 0) is 10.2 Å². The van der Waals surface area contributed by atoms with Crippen LogP contribution in [0.2, 0.25) is 5.02 Å². The van der Waals surface area contributed by atoms with E-state index in [2.05, 4.69) is 9.38 Å². The molecule has 31 heavy (non-hydrogen) atoms. The van der Waals surface area contributed by atoms with Gasteiger partial charge in [0.25, 0.3) is 0 Å². The van der Waals surface area contributed by atoms with Crippen LogP contribution in [-0.4, -0.2) is 59.5 Å². The number of halogens is 1. The average Bonchev–Trinajstić information content (AvgIpc) is 3.24. The van der Waals surface area contributed by atoms with Crippen LogP contribution in [0.5, 0.6) is 0 Å². The molecule has 2 aliphatic heterocycles. The van der Waals surface area contributed by atoms with Crippen LogP contribution in [0, 0.1) is 0 Å². The lowest BCUT2D eigenvalue weighted by Gasteiger charge is -2.24. The van der Waals surface area contributed by atoms with E-state index in [9.17, 15) is 8.42 Å². The van der Waals surface area contributed by atoms with Crippen molar-refractivity contribution in [2.75, 3.05) is 25.9 Å². The highest BCUT2D eigenvalue weighted by molar-refractivity contribution is 8.13. The number of nitrogens with zero attached hydrogens (tertiary/aromatic N) is 5. The van der Waals surface area contributed by atoms with Gasteiger partial charge in [-0.2, -0.15) is 17.8 Å². The molecule has 1 saturated heterocycles. The fourth-order valence-corrected chi connectivity index (χ4v) is 5.95. The van der Waals surface area contributed by atoms with Crippen LogP contribution in [0.4, 0.5) is 0 Å². The van der Waals surface area contributed by atoms with Gasteiger partial charge in [0.05, 0.1) is 12.3 Å². The van der Waals surface area contributed by atoms with Gasteiger partial charge in [-0.05, 0) is 48.4 Å². The molecule has 0 amide bonds. The number of pyridine rings is 1. The normalized spacial score (nSPS) is 20.7. The number of thioether (sulfide) groups is 1. The molecule has 1 aromatic heterocycles. The maximum absolute atomic E-state index is 12.9. The SMILES string of the molecule is CSC(=NS(=O)(=O)N1CCCCC1)N1CC(c2cccnc2)C(c2ccc(Cl)cc2)=N1. The van der Waals surface area contributed by atoms with Gasteiger partial charge in [0.1, 0.15) is 0 Å². The van der Waals surface area contributed by atoms with E-state index < -0.39 is 10.2 Å². The van der Waals surface area contributed by atoms with Crippen molar-refractivity contribution in [3.05, 3.63) is 64.9 Å². The van der Waals surface area contributed by atoms with Crippen molar-refractivity contribution in [2.24, 2.45) is 9.50 Å².